The van der Waals surface area contributed by atoms with Crippen LogP contribution in [0.2, 0.25) is 19.6 Å². The van der Waals surface area contributed by atoms with Crippen LogP contribution in [0.15, 0.2) is 40.8 Å². The number of carbonyl (C=O) groups is 1. The summed E-state index contributed by atoms with van der Waals surface area (Å²) in [4.78, 5) is 12.9. The van der Waals surface area contributed by atoms with Crippen LogP contribution in [0.1, 0.15) is 25.8 Å². The van der Waals surface area contributed by atoms with Crippen molar-refractivity contribution in [2.75, 3.05) is 5.75 Å². The van der Waals surface area contributed by atoms with Crippen molar-refractivity contribution in [2.45, 2.75) is 57.3 Å². The maximum Gasteiger partial charge on any atom is 0.157 e. The van der Waals surface area contributed by atoms with E-state index >= 15 is 0 Å². The fourth-order valence-electron chi connectivity index (χ4n) is 3.05. The predicted molar refractivity (Wildman–Crippen MR) is 110 cm³/mol. The average molecular weight is 389 g/mol. The quantitative estimate of drug-likeness (QED) is 0.635. The molecule has 0 fully saturated rings. The normalized spacial score (nSPS) is 27.3. The van der Waals surface area contributed by atoms with E-state index in [4.69, 9.17) is 0 Å². The number of hydrogen-bond donors (Lipinski definition) is 1. The largest absolute Gasteiger partial charge is 0.383 e. The van der Waals surface area contributed by atoms with Gasteiger partial charge in [0.15, 0.2) is 5.78 Å². The molecule has 140 valence electrons. The lowest BCUT2D eigenvalue weighted by atomic mass is 9.65. The third kappa shape index (κ3) is 4.43. The zero-order valence-electron chi connectivity index (χ0n) is 16.5. The Balaban J connectivity index is 2.46. The van der Waals surface area contributed by atoms with Crippen molar-refractivity contribution in [3.63, 3.8) is 0 Å². The number of aliphatic hydroxyl groups is 1. The highest BCUT2D eigenvalue weighted by Crippen LogP contribution is 2.44. The second kappa shape index (κ2) is 7.26. The maximum absolute atomic E-state index is 12.9. The van der Waals surface area contributed by atoms with E-state index in [0.29, 0.717) is 10.5 Å². The monoisotopic (exact) mass is 388 g/mol. The summed E-state index contributed by atoms with van der Waals surface area (Å²) in [7, 11) is -3.07. The topological polar surface area (TPSA) is 54.4 Å². The van der Waals surface area contributed by atoms with Gasteiger partial charge in [0.2, 0.25) is 0 Å². The highest BCUT2D eigenvalue weighted by atomic mass is 32.2. The lowest BCUT2D eigenvalue weighted by Crippen LogP contribution is -2.54. The van der Waals surface area contributed by atoms with Gasteiger partial charge < -0.3 is 5.11 Å². The van der Waals surface area contributed by atoms with Crippen LogP contribution < -0.4 is 0 Å². The molecule has 1 aromatic rings. The summed E-state index contributed by atoms with van der Waals surface area (Å²) < 4.78 is 12.9. The lowest BCUT2D eigenvalue weighted by Gasteiger charge is -2.44. The summed E-state index contributed by atoms with van der Waals surface area (Å²) >= 11 is 0. The van der Waals surface area contributed by atoms with Gasteiger partial charge in [0.1, 0.15) is 13.7 Å². The first-order valence-electron chi connectivity index (χ1n) is 8.80. The average Bonchev–Trinajstić information content (AvgIpc) is 2.51. The SMILES string of the molecule is CC1=CC(=O)C[C@](C)(C#C[Si](C)(C)C)[C@@]1(O)C[S@@](=O)c1ccc(C)cc1. The predicted octanol–water partition coefficient (Wildman–Crippen LogP) is 3.64. The molecule has 0 spiro atoms. The van der Waals surface area contributed by atoms with Gasteiger partial charge in [-0.1, -0.05) is 37.3 Å². The molecule has 3 atom stereocenters. The van der Waals surface area contributed by atoms with Gasteiger partial charge in [-0.3, -0.25) is 9.00 Å². The fourth-order valence-corrected chi connectivity index (χ4v) is 5.23. The number of hydrogen-bond acceptors (Lipinski definition) is 3. The third-order valence-corrected chi connectivity index (χ3v) is 7.16. The van der Waals surface area contributed by atoms with E-state index in [1.165, 1.54) is 6.08 Å². The van der Waals surface area contributed by atoms with Crippen LogP contribution in [0.4, 0.5) is 0 Å². The third-order valence-electron chi connectivity index (χ3n) is 4.81. The molecule has 3 nitrogen and oxygen atoms in total. The molecule has 0 amide bonds. The fraction of sp³-hybridized carbons (Fsp3) is 0.476. The second-order valence-corrected chi connectivity index (χ2v) is 14.7. The van der Waals surface area contributed by atoms with Gasteiger partial charge in [0.25, 0.3) is 0 Å². The van der Waals surface area contributed by atoms with Crippen LogP contribution in [-0.4, -0.2) is 34.5 Å². The molecule has 2 rings (SSSR count). The molecule has 1 aliphatic rings. The number of rotatable bonds is 3. The summed E-state index contributed by atoms with van der Waals surface area (Å²) in [5.74, 6) is 3.21. The van der Waals surface area contributed by atoms with Crippen molar-refractivity contribution in [2.24, 2.45) is 5.41 Å². The number of aryl methyl sites for hydroxylation is 1. The Morgan fingerprint density at radius 2 is 1.77 bits per heavy atom. The van der Waals surface area contributed by atoms with E-state index < -0.39 is 29.9 Å². The molecule has 1 aliphatic carbocycles. The van der Waals surface area contributed by atoms with Crippen LogP contribution in [0.25, 0.3) is 0 Å². The smallest absolute Gasteiger partial charge is 0.157 e. The highest BCUT2D eigenvalue weighted by Gasteiger charge is 2.52. The Morgan fingerprint density at radius 3 is 2.31 bits per heavy atom. The molecule has 0 radical (unpaired) electrons. The van der Waals surface area contributed by atoms with E-state index in [0.717, 1.165) is 5.56 Å². The molecule has 0 heterocycles. The molecule has 0 bridgehead atoms. The molecular formula is C21H28O3SSi. The Morgan fingerprint density at radius 1 is 1.19 bits per heavy atom. The van der Waals surface area contributed by atoms with E-state index in [-0.39, 0.29) is 18.0 Å². The van der Waals surface area contributed by atoms with Crippen LogP contribution in [0.5, 0.6) is 0 Å². The van der Waals surface area contributed by atoms with E-state index in [1.807, 2.05) is 38.1 Å². The highest BCUT2D eigenvalue weighted by molar-refractivity contribution is 7.85. The van der Waals surface area contributed by atoms with Gasteiger partial charge in [-0.2, -0.15) is 0 Å². The molecule has 0 aromatic heterocycles. The van der Waals surface area contributed by atoms with Crippen LogP contribution in [0, 0.1) is 23.8 Å². The summed E-state index contributed by atoms with van der Waals surface area (Å²) in [5.41, 5.74) is 2.59. The zero-order valence-corrected chi connectivity index (χ0v) is 18.3. The number of ketones is 1. The van der Waals surface area contributed by atoms with Crippen molar-refractivity contribution in [3.8, 4) is 11.5 Å². The van der Waals surface area contributed by atoms with Crippen LogP contribution >= 0.6 is 0 Å². The van der Waals surface area contributed by atoms with Crippen LogP contribution in [-0.2, 0) is 15.6 Å². The van der Waals surface area contributed by atoms with Crippen LogP contribution in [0.3, 0.4) is 0 Å². The Kier molecular flexibility index (Phi) is 5.82. The standard InChI is InChI=1S/C21H28O3SSi/c1-16-7-9-19(10-8-16)25(24)15-21(23)17(2)13-18(22)14-20(21,3)11-12-26(4,5)6/h7-10,13,23H,14-15H2,1-6H3/t20-,21+,25+/m0/s1. The van der Waals surface area contributed by atoms with Crippen molar-refractivity contribution < 1.29 is 14.1 Å². The van der Waals surface area contributed by atoms with Crippen molar-refractivity contribution in [1.29, 1.82) is 0 Å². The molecule has 1 aromatic carbocycles. The maximum atomic E-state index is 12.9. The minimum absolute atomic E-state index is 0.0303. The first-order valence-corrected chi connectivity index (χ1v) is 13.6. The zero-order chi connectivity index (χ0) is 19.8. The summed E-state index contributed by atoms with van der Waals surface area (Å²) in [6.07, 6.45) is 1.62. The molecule has 1 N–H and O–H groups in total. The van der Waals surface area contributed by atoms with Crippen molar-refractivity contribution in [1.82, 2.24) is 0 Å². The summed E-state index contributed by atoms with van der Waals surface area (Å²) in [6, 6.07) is 7.48. The Bertz CT molecular complexity index is 824. The minimum atomic E-state index is -1.68. The van der Waals surface area contributed by atoms with Gasteiger partial charge >= 0.3 is 0 Å². The van der Waals surface area contributed by atoms with Gasteiger partial charge in [0, 0.05) is 11.3 Å². The Labute approximate surface area is 160 Å². The number of allylic oxidation sites excluding steroid dienone is 1. The molecule has 0 aliphatic heterocycles. The lowest BCUT2D eigenvalue weighted by molar-refractivity contribution is -0.120. The number of carbonyl (C=O) groups excluding carboxylic acids is 1. The summed E-state index contributed by atoms with van der Waals surface area (Å²) in [6.45, 7) is 11.9. The van der Waals surface area contributed by atoms with Gasteiger partial charge in [-0.25, -0.2) is 0 Å². The second-order valence-electron chi connectivity index (χ2n) is 8.47. The van der Waals surface area contributed by atoms with E-state index in [2.05, 4.69) is 31.1 Å². The van der Waals surface area contributed by atoms with Crippen molar-refractivity contribution in [3.05, 3.63) is 41.5 Å². The number of benzene rings is 1. The molecule has 26 heavy (non-hydrogen) atoms. The summed E-state index contributed by atoms with van der Waals surface area (Å²) in [5, 5.41) is 11.6. The minimum Gasteiger partial charge on any atom is -0.383 e. The van der Waals surface area contributed by atoms with E-state index in [1.54, 1.807) is 6.92 Å². The first-order chi connectivity index (χ1) is 11.9. The first kappa shape index (κ1) is 20.8. The van der Waals surface area contributed by atoms with Gasteiger partial charge in [0.05, 0.1) is 22.0 Å². The van der Waals surface area contributed by atoms with E-state index in [9.17, 15) is 14.1 Å². The van der Waals surface area contributed by atoms with Gasteiger partial charge in [-0.05, 0) is 44.6 Å². The molecule has 0 saturated carbocycles. The van der Waals surface area contributed by atoms with Crippen molar-refractivity contribution >= 4 is 24.7 Å². The molecule has 5 heteroatoms. The molecule has 0 saturated heterocycles. The Hall–Kier alpha value is -1.48. The molecule has 0 unspecified atom stereocenters. The van der Waals surface area contributed by atoms with Gasteiger partial charge in [-0.15, -0.1) is 11.5 Å². The molecular weight excluding hydrogens is 360 g/mol.